The third kappa shape index (κ3) is 3.42. The molecule has 0 bridgehead atoms. The van der Waals surface area contributed by atoms with Gasteiger partial charge in [0.15, 0.2) is 0 Å². The van der Waals surface area contributed by atoms with Crippen LogP contribution in [0, 0.1) is 0 Å². The molecule has 1 aromatic heterocycles. The highest BCUT2D eigenvalue weighted by Gasteiger charge is 2.20. The Balaban J connectivity index is 1.95. The Kier molecular flexibility index (Phi) is 3.93. The number of likely N-dealkylation sites (N-methyl/N-ethyl adjacent to an activating group) is 1. The highest BCUT2D eigenvalue weighted by molar-refractivity contribution is 5.92. The van der Waals surface area contributed by atoms with E-state index in [-0.39, 0.29) is 0 Å². The van der Waals surface area contributed by atoms with Gasteiger partial charge in [-0.15, -0.1) is 0 Å². The molecule has 1 heterocycles. The molecular formula is C18H23N3. The molecule has 1 aliphatic rings. The number of para-hydroxylation sites is 1. The molecular weight excluding hydrogens is 258 g/mol. The maximum Gasteiger partial charge on any atom is 0.0726 e. The Morgan fingerprint density at radius 1 is 1.38 bits per heavy atom. The van der Waals surface area contributed by atoms with Gasteiger partial charge in [-0.1, -0.05) is 30.4 Å². The van der Waals surface area contributed by atoms with Gasteiger partial charge in [0, 0.05) is 37.3 Å². The molecule has 0 unspecified atom stereocenters. The number of aromatic nitrogens is 1. The van der Waals surface area contributed by atoms with Gasteiger partial charge in [0.1, 0.15) is 0 Å². The molecule has 0 atom stereocenters. The quantitative estimate of drug-likeness (QED) is 0.821. The normalized spacial score (nSPS) is 14.4. The van der Waals surface area contributed by atoms with E-state index in [2.05, 4.69) is 61.1 Å². The lowest BCUT2D eigenvalue weighted by molar-refractivity contribution is 0.676. The number of rotatable bonds is 6. The Morgan fingerprint density at radius 2 is 2.14 bits per heavy atom. The number of anilines is 1. The second-order valence-corrected chi connectivity index (χ2v) is 6.12. The van der Waals surface area contributed by atoms with E-state index in [4.69, 9.17) is 4.98 Å². The van der Waals surface area contributed by atoms with Crippen molar-refractivity contribution in [1.29, 1.82) is 0 Å². The van der Waals surface area contributed by atoms with Crippen LogP contribution in [0.3, 0.4) is 0 Å². The average Bonchev–Trinajstić information content (AvgIpc) is 3.27. The van der Waals surface area contributed by atoms with Crippen molar-refractivity contribution < 1.29 is 0 Å². The molecule has 21 heavy (non-hydrogen) atoms. The maximum atomic E-state index is 4.79. The smallest absolute Gasteiger partial charge is 0.0726 e. The number of hydrogen-bond donors (Lipinski definition) is 1. The zero-order chi connectivity index (χ0) is 14.8. The summed E-state index contributed by atoms with van der Waals surface area (Å²) in [6, 6.07) is 11.3. The zero-order valence-corrected chi connectivity index (χ0v) is 12.9. The van der Waals surface area contributed by atoms with Crippen LogP contribution in [0.2, 0.25) is 0 Å². The number of nitrogens with zero attached hydrogens (tertiary/aromatic N) is 2. The SMILES string of the molecule is C=C(C)CN(C)c1cc(CNC2CC2)nc2ccccc12. The van der Waals surface area contributed by atoms with E-state index < -0.39 is 0 Å². The van der Waals surface area contributed by atoms with E-state index in [1.807, 2.05) is 0 Å². The van der Waals surface area contributed by atoms with Crippen LogP contribution in [0.4, 0.5) is 5.69 Å². The Bertz CT molecular complexity index is 659. The molecule has 1 aliphatic carbocycles. The van der Waals surface area contributed by atoms with Gasteiger partial charge in [-0.05, 0) is 31.9 Å². The number of nitrogens with one attached hydrogen (secondary N) is 1. The summed E-state index contributed by atoms with van der Waals surface area (Å²) < 4.78 is 0. The summed E-state index contributed by atoms with van der Waals surface area (Å²) in [4.78, 5) is 7.04. The minimum absolute atomic E-state index is 0.704. The molecule has 3 nitrogen and oxygen atoms in total. The van der Waals surface area contributed by atoms with Crippen molar-refractivity contribution in [3.63, 3.8) is 0 Å². The monoisotopic (exact) mass is 281 g/mol. The van der Waals surface area contributed by atoms with Crippen molar-refractivity contribution in [1.82, 2.24) is 10.3 Å². The summed E-state index contributed by atoms with van der Waals surface area (Å²) >= 11 is 0. The summed E-state index contributed by atoms with van der Waals surface area (Å²) in [5, 5.41) is 4.75. The first-order valence-corrected chi connectivity index (χ1v) is 7.61. The second-order valence-electron chi connectivity index (χ2n) is 6.12. The summed E-state index contributed by atoms with van der Waals surface area (Å²) in [6.45, 7) is 7.80. The molecule has 110 valence electrons. The molecule has 3 heteroatoms. The fourth-order valence-corrected chi connectivity index (χ4v) is 2.64. The van der Waals surface area contributed by atoms with E-state index in [1.165, 1.54) is 23.9 Å². The first-order chi connectivity index (χ1) is 10.1. The third-order valence-corrected chi connectivity index (χ3v) is 3.81. The molecule has 0 amide bonds. The van der Waals surface area contributed by atoms with E-state index >= 15 is 0 Å². The van der Waals surface area contributed by atoms with Crippen LogP contribution in [-0.2, 0) is 6.54 Å². The number of hydrogen-bond acceptors (Lipinski definition) is 3. The predicted octanol–water partition coefficient (Wildman–Crippen LogP) is 3.50. The first kappa shape index (κ1) is 14.1. The zero-order valence-electron chi connectivity index (χ0n) is 12.9. The fourth-order valence-electron chi connectivity index (χ4n) is 2.64. The van der Waals surface area contributed by atoms with Crippen LogP contribution in [-0.4, -0.2) is 24.6 Å². The molecule has 0 spiro atoms. The van der Waals surface area contributed by atoms with Gasteiger partial charge >= 0.3 is 0 Å². The molecule has 0 radical (unpaired) electrons. The van der Waals surface area contributed by atoms with Crippen LogP contribution in [0.1, 0.15) is 25.5 Å². The maximum absolute atomic E-state index is 4.79. The summed E-state index contributed by atoms with van der Waals surface area (Å²) in [7, 11) is 2.12. The third-order valence-electron chi connectivity index (χ3n) is 3.81. The number of benzene rings is 1. The molecule has 2 aromatic rings. The molecule has 0 aliphatic heterocycles. The Labute approximate surface area is 126 Å². The van der Waals surface area contributed by atoms with E-state index in [9.17, 15) is 0 Å². The van der Waals surface area contributed by atoms with Gasteiger partial charge in [0.05, 0.1) is 11.2 Å². The molecule has 1 aromatic carbocycles. The predicted molar refractivity (Wildman–Crippen MR) is 89.7 cm³/mol. The van der Waals surface area contributed by atoms with Crippen LogP contribution in [0.25, 0.3) is 10.9 Å². The number of pyridine rings is 1. The minimum Gasteiger partial charge on any atom is -0.370 e. The van der Waals surface area contributed by atoms with Gasteiger partial charge in [0.2, 0.25) is 0 Å². The lowest BCUT2D eigenvalue weighted by atomic mass is 10.1. The minimum atomic E-state index is 0.704. The summed E-state index contributed by atoms with van der Waals surface area (Å²) in [5.41, 5.74) is 4.58. The van der Waals surface area contributed by atoms with Gasteiger partial charge in [-0.25, -0.2) is 0 Å². The molecule has 0 saturated heterocycles. The van der Waals surface area contributed by atoms with E-state index in [1.54, 1.807) is 0 Å². The van der Waals surface area contributed by atoms with Crippen LogP contribution in [0.15, 0.2) is 42.5 Å². The van der Waals surface area contributed by atoms with E-state index in [0.29, 0.717) is 6.04 Å². The van der Waals surface area contributed by atoms with Crippen LogP contribution in [0.5, 0.6) is 0 Å². The molecule has 3 rings (SSSR count). The lowest BCUT2D eigenvalue weighted by Gasteiger charge is -2.22. The lowest BCUT2D eigenvalue weighted by Crippen LogP contribution is -2.21. The highest BCUT2D eigenvalue weighted by Crippen LogP contribution is 2.27. The molecule has 1 N–H and O–H groups in total. The van der Waals surface area contributed by atoms with Gasteiger partial charge in [-0.3, -0.25) is 4.98 Å². The van der Waals surface area contributed by atoms with Crippen LogP contribution < -0.4 is 10.2 Å². The van der Waals surface area contributed by atoms with Crippen molar-refractivity contribution in [2.75, 3.05) is 18.5 Å². The molecule has 1 fully saturated rings. The summed E-state index contributed by atoms with van der Waals surface area (Å²) in [5.74, 6) is 0. The van der Waals surface area contributed by atoms with Crippen molar-refractivity contribution in [3.05, 3.63) is 48.2 Å². The van der Waals surface area contributed by atoms with Crippen molar-refractivity contribution in [2.45, 2.75) is 32.4 Å². The second kappa shape index (κ2) is 5.86. The largest absolute Gasteiger partial charge is 0.370 e. The Morgan fingerprint density at radius 3 is 2.86 bits per heavy atom. The molecule has 1 saturated carbocycles. The topological polar surface area (TPSA) is 28.2 Å². The van der Waals surface area contributed by atoms with Crippen molar-refractivity contribution >= 4 is 16.6 Å². The average molecular weight is 281 g/mol. The van der Waals surface area contributed by atoms with E-state index in [0.717, 1.165) is 29.9 Å². The fraction of sp³-hybridized carbons (Fsp3) is 0.389. The standard InChI is InChI=1S/C18H23N3/c1-13(2)12-21(3)18-10-15(11-19-14-8-9-14)20-17-7-5-4-6-16(17)18/h4-7,10,14,19H,1,8-9,11-12H2,2-3H3. The summed E-state index contributed by atoms with van der Waals surface area (Å²) in [6.07, 6.45) is 2.60. The van der Waals surface area contributed by atoms with Crippen molar-refractivity contribution in [2.24, 2.45) is 0 Å². The highest BCUT2D eigenvalue weighted by atomic mass is 15.1. The number of fused-ring (bicyclic) bond motifs is 1. The van der Waals surface area contributed by atoms with Gasteiger partial charge < -0.3 is 10.2 Å². The van der Waals surface area contributed by atoms with Crippen molar-refractivity contribution in [3.8, 4) is 0 Å². The van der Waals surface area contributed by atoms with Crippen LogP contribution >= 0.6 is 0 Å². The van der Waals surface area contributed by atoms with Gasteiger partial charge in [-0.2, -0.15) is 0 Å². The Hall–Kier alpha value is -1.87. The van der Waals surface area contributed by atoms with Gasteiger partial charge in [0.25, 0.3) is 0 Å². The first-order valence-electron chi connectivity index (χ1n) is 7.61.